The lowest BCUT2D eigenvalue weighted by atomic mass is 10.1. The zero-order chi connectivity index (χ0) is 19.5. The maximum absolute atomic E-state index is 12.5. The largest absolute Gasteiger partial charge is 0.373 e. The first kappa shape index (κ1) is 18.7. The number of rotatable bonds is 4. The van der Waals surface area contributed by atoms with Crippen LogP contribution in [0.4, 0.5) is 16.3 Å². The van der Waals surface area contributed by atoms with Gasteiger partial charge in [0.2, 0.25) is 0 Å². The Balaban J connectivity index is 1.32. The van der Waals surface area contributed by atoms with Gasteiger partial charge in [-0.05, 0) is 36.1 Å². The zero-order valence-electron chi connectivity index (χ0n) is 16.2. The number of fused-ring (bicyclic) bond motifs is 1. The Morgan fingerprint density at radius 3 is 2.61 bits per heavy atom. The van der Waals surface area contributed by atoms with Crippen LogP contribution < -0.4 is 10.6 Å². The highest BCUT2D eigenvalue weighted by Crippen LogP contribution is 2.31. The minimum Gasteiger partial charge on any atom is -0.373 e. The number of carbonyl (C=O) groups is 1. The second kappa shape index (κ2) is 8.16. The lowest BCUT2D eigenvalue weighted by Gasteiger charge is -2.34. The number of hydrogen-bond acceptors (Lipinski definition) is 5. The van der Waals surface area contributed by atoms with Crippen LogP contribution in [0.15, 0.2) is 42.6 Å². The number of nitrogens with one attached hydrogen (secondary N) is 2. The van der Waals surface area contributed by atoms with Gasteiger partial charge in [0.15, 0.2) is 0 Å². The molecule has 1 aliphatic rings. The normalized spacial score (nSPS) is 15.0. The minimum absolute atomic E-state index is 0.0586. The number of nitrogens with zero attached hydrogens (tertiary/aromatic N) is 3. The maximum atomic E-state index is 12.5. The van der Waals surface area contributed by atoms with E-state index in [2.05, 4.69) is 51.7 Å². The van der Waals surface area contributed by atoms with E-state index in [0.717, 1.165) is 38.5 Å². The Kier molecular flexibility index (Phi) is 5.45. The summed E-state index contributed by atoms with van der Waals surface area (Å²) in [4.78, 5) is 22.5. The number of thiophene rings is 1. The molecule has 0 saturated carbocycles. The van der Waals surface area contributed by atoms with Gasteiger partial charge in [0.1, 0.15) is 5.82 Å². The number of benzene rings is 1. The van der Waals surface area contributed by atoms with Gasteiger partial charge >= 0.3 is 6.03 Å². The molecule has 1 fully saturated rings. The molecule has 0 radical (unpaired) electrons. The SMILES string of the molecule is CNc1ccc(NC(=O)N2CCN(Cc3sc4ccccc4c3C)CC2)cn1. The summed E-state index contributed by atoms with van der Waals surface area (Å²) in [5.74, 6) is 0.781. The molecule has 2 N–H and O–H groups in total. The molecule has 1 aliphatic heterocycles. The average Bonchev–Trinajstić information content (AvgIpc) is 3.05. The van der Waals surface area contributed by atoms with Crippen LogP contribution in [0, 0.1) is 6.92 Å². The summed E-state index contributed by atoms with van der Waals surface area (Å²) in [6.45, 7) is 6.41. The molecule has 3 heterocycles. The van der Waals surface area contributed by atoms with Crippen LogP contribution in [0.2, 0.25) is 0 Å². The van der Waals surface area contributed by atoms with Crippen molar-refractivity contribution in [3.05, 3.63) is 53.0 Å². The number of hydrogen-bond donors (Lipinski definition) is 2. The van der Waals surface area contributed by atoms with E-state index >= 15 is 0 Å². The summed E-state index contributed by atoms with van der Waals surface area (Å²) in [5.41, 5.74) is 2.10. The lowest BCUT2D eigenvalue weighted by molar-refractivity contribution is 0.143. The van der Waals surface area contributed by atoms with E-state index in [1.54, 1.807) is 6.20 Å². The molecule has 7 heteroatoms. The van der Waals surface area contributed by atoms with E-state index in [4.69, 9.17) is 0 Å². The summed E-state index contributed by atoms with van der Waals surface area (Å²) in [7, 11) is 1.82. The van der Waals surface area contributed by atoms with Crippen LogP contribution in [-0.4, -0.2) is 54.0 Å². The first-order valence-corrected chi connectivity index (χ1v) is 10.3. The fraction of sp³-hybridized carbons (Fsp3) is 0.333. The smallest absolute Gasteiger partial charge is 0.321 e. The summed E-state index contributed by atoms with van der Waals surface area (Å²) in [6.07, 6.45) is 1.67. The highest BCUT2D eigenvalue weighted by molar-refractivity contribution is 7.19. The molecule has 0 unspecified atom stereocenters. The molecule has 0 spiro atoms. The average molecular weight is 396 g/mol. The van der Waals surface area contributed by atoms with E-state index in [-0.39, 0.29) is 6.03 Å². The first-order chi connectivity index (χ1) is 13.6. The van der Waals surface area contributed by atoms with Crippen LogP contribution in [0.1, 0.15) is 10.4 Å². The van der Waals surface area contributed by atoms with E-state index < -0.39 is 0 Å². The molecule has 1 aromatic carbocycles. The molecule has 146 valence electrons. The fourth-order valence-electron chi connectivity index (χ4n) is 3.51. The topological polar surface area (TPSA) is 60.5 Å². The molecule has 3 aromatic rings. The van der Waals surface area contributed by atoms with Crippen LogP contribution >= 0.6 is 11.3 Å². The number of aryl methyl sites for hydroxylation is 1. The molecule has 0 aliphatic carbocycles. The summed E-state index contributed by atoms with van der Waals surface area (Å²) in [6, 6.07) is 12.2. The third-order valence-electron chi connectivity index (χ3n) is 5.24. The highest BCUT2D eigenvalue weighted by Gasteiger charge is 2.22. The molecular weight excluding hydrogens is 370 g/mol. The van der Waals surface area contributed by atoms with Crippen molar-refractivity contribution >= 4 is 39.0 Å². The van der Waals surface area contributed by atoms with Gasteiger partial charge < -0.3 is 15.5 Å². The van der Waals surface area contributed by atoms with Crippen LogP contribution in [0.3, 0.4) is 0 Å². The predicted molar refractivity (Wildman–Crippen MR) is 116 cm³/mol. The van der Waals surface area contributed by atoms with Crippen molar-refractivity contribution in [2.45, 2.75) is 13.5 Å². The van der Waals surface area contributed by atoms with E-state index in [9.17, 15) is 4.79 Å². The summed E-state index contributed by atoms with van der Waals surface area (Å²) in [5, 5.41) is 7.26. The van der Waals surface area contributed by atoms with E-state index in [1.807, 2.05) is 35.4 Å². The van der Waals surface area contributed by atoms with Crippen molar-refractivity contribution in [2.75, 3.05) is 43.9 Å². The number of urea groups is 1. The van der Waals surface area contributed by atoms with Crippen LogP contribution in [0.25, 0.3) is 10.1 Å². The summed E-state index contributed by atoms with van der Waals surface area (Å²) >= 11 is 1.88. The second-order valence-electron chi connectivity index (χ2n) is 7.02. The quantitative estimate of drug-likeness (QED) is 0.701. The molecule has 28 heavy (non-hydrogen) atoms. The fourth-order valence-corrected chi connectivity index (χ4v) is 4.76. The monoisotopic (exact) mass is 395 g/mol. The van der Waals surface area contributed by atoms with Gasteiger partial charge in [-0.25, -0.2) is 9.78 Å². The molecule has 0 bridgehead atoms. The minimum atomic E-state index is -0.0586. The Morgan fingerprint density at radius 1 is 1.14 bits per heavy atom. The maximum Gasteiger partial charge on any atom is 0.321 e. The van der Waals surface area contributed by atoms with Crippen molar-refractivity contribution in [3.63, 3.8) is 0 Å². The molecule has 4 rings (SSSR count). The number of anilines is 2. The third kappa shape index (κ3) is 3.95. The second-order valence-corrected chi connectivity index (χ2v) is 8.16. The Morgan fingerprint density at radius 2 is 1.93 bits per heavy atom. The van der Waals surface area contributed by atoms with Gasteiger partial charge in [0, 0.05) is 49.3 Å². The predicted octanol–water partition coefficient (Wildman–Crippen LogP) is 4.00. The van der Waals surface area contributed by atoms with E-state index in [0.29, 0.717) is 5.69 Å². The molecular formula is C21H25N5OS. The van der Waals surface area contributed by atoms with Gasteiger partial charge in [-0.3, -0.25) is 4.90 Å². The highest BCUT2D eigenvalue weighted by atomic mass is 32.1. The van der Waals surface area contributed by atoms with Crippen molar-refractivity contribution < 1.29 is 4.79 Å². The molecule has 2 aromatic heterocycles. The number of aromatic nitrogens is 1. The van der Waals surface area contributed by atoms with E-state index in [1.165, 1.54) is 20.5 Å². The Labute approximate surface area is 169 Å². The van der Waals surface area contributed by atoms with Gasteiger partial charge in [-0.2, -0.15) is 0 Å². The van der Waals surface area contributed by atoms with Gasteiger partial charge in [0.05, 0.1) is 11.9 Å². The summed E-state index contributed by atoms with van der Waals surface area (Å²) < 4.78 is 1.35. The van der Waals surface area contributed by atoms with Crippen molar-refractivity contribution in [2.24, 2.45) is 0 Å². The zero-order valence-corrected chi connectivity index (χ0v) is 17.1. The Hall–Kier alpha value is -2.64. The van der Waals surface area contributed by atoms with Crippen molar-refractivity contribution in [1.82, 2.24) is 14.8 Å². The van der Waals surface area contributed by atoms with Crippen LogP contribution in [0.5, 0.6) is 0 Å². The lowest BCUT2D eigenvalue weighted by Crippen LogP contribution is -2.49. The molecule has 6 nitrogen and oxygen atoms in total. The molecule has 1 saturated heterocycles. The van der Waals surface area contributed by atoms with Crippen molar-refractivity contribution in [1.29, 1.82) is 0 Å². The molecule has 0 atom stereocenters. The first-order valence-electron chi connectivity index (χ1n) is 9.53. The van der Waals surface area contributed by atoms with Gasteiger partial charge in [-0.1, -0.05) is 18.2 Å². The van der Waals surface area contributed by atoms with Gasteiger partial charge in [0.25, 0.3) is 0 Å². The number of amides is 2. The van der Waals surface area contributed by atoms with Crippen molar-refractivity contribution in [3.8, 4) is 0 Å². The third-order valence-corrected chi connectivity index (χ3v) is 6.50. The number of piperazine rings is 1. The molecule has 2 amide bonds. The standard InChI is InChI=1S/C21H25N5OS/c1-15-17-5-3-4-6-18(17)28-19(15)14-25-9-11-26(12-10-25)21(27)24-16-7-8-20(22-2)23-13-16/h3-8,13H,9-12,14H2,1-2H3,(H,22,23)(H,24,27). The number of carbonyl (C=O) groups excluding carboxylic acids is 1. The Bertz CT molecular complexity index is 961. The number of pyridine rings is 1. The van der Waals surface area contributed by atoms with Crippen LogP contribution in [-0.2, 0) is 6.54 Å². The van der Waals surface area contributed by atoms with Gasteiger partial charge in [-0.15, -0.1) is 11.3 Å².